The molecule has 2 bridgehead atoms. The first-order valence-corrected chi connectivity index (χ1v) is 8.40. The fourth-order valence-corrected chi connectivity index (χ4v) is 5.57. The number of hydrogen-bond donors (Lipinski definition) is 0. The van der Waals surface area contributed by atoms with Crippen molar-refractivity contribution in [1.82, 2.24) is 0 Å². The standard InChI is InChI=1S/C20H17BrO/c1-2-11-19-12-20(21,13-22)18(14-7-3-5-9-16(14)19)15-8-4-6-10-17(15)19/h2-10,13,18H,1,11-12H2. The van der Waals surface area contributed by atoms with Gasteiger partial charge in [0.05, 0.1) is 4.32 Å². The monoisotopic (exact) mass is 352 g/mol. The molecule has 3 aliphatic carbocycles. The molecule has 2 aromatic rings. The number of aldehydes is 1. The zero-order valence-electron chi connectivity index (χ0n) is 12.3. The van der Waals surface area contributed by atoms with Crippen LogP contribution >= 0.6 is 15.9 Å². The van der Waals surface area contributed by atoms with Gasteiger partial charge < -0.3 is 4.79 Å². The quantitative estimate of drug-likeness (QED) is 0.443. The summed E-state index contributed by atoms with van der Waals surface area (Å²) in [5.74, 6) is 0.0871. The molecule has 3 aliphatic rings. The number of fused-ring (bicyclic) bond motifs is 1. The van der Waals surface area contributed by atoms with Crippen LogP contribution in [0.3, 0.4) is 0 Å². The molecular weight excluding hydrogens is 336 g/mol. The van der Waals surface area contributed by atoms with Crippen LogP contribution < -0.4 is 0 Å². The van der Waals surface area contributed by atoms with E-state index in [9.17, 15) is 4.79 Å². The highest BCUT2D eigenvalue weighted by Gasteiger charge is 2.58. The van der Waals surface area contributed by atoms with E-state index in [0.717, 1.165) is 19.1 Å². The molecule has 0 N–H and O–H groups in total. The molecule has 0 saturated carbocycles. The van der Waals surface area contributed by atoms with Crippen molar-refractivity contribution in [3.63, 3.8) is 0 Å². The first-order chi connectivity index (χ1) is 10.7. The molecule has 0 saturated heterocycles. The summed E-state index contributed by atoms with van der Waals surface area (Å²) < 4.78 is -0.529. The van der Waals surface area contributed by atoms with Crippen LogP contribution in [0.5, 0.6) is 0 Å². The Kier molecular flexibility index (Phi) is 2.96. The van der Waals surface area contributed by atoms with Gasteiger partial charge in [-0.1, -0.05) is 70.5 Å². The third kappa shape index (κ3) is 1.56. The van der Waals surface area contributed by atoms with Crippen molar-refractivity contribution in [2.24, 2.45) is 0 Å². The average molecular weight is 353 g/mol. The summed E-state index contributed by atoms with van der Waals surface area (Å²) in [7, 11) is 0. The summed E-state index contributed by atoms with van der Waals surface area (Å²) in [6, 6.07) is 17.1. The van der Waals surface area contributed by atoms with Gasteiger partial charge in [0.2, 0.25) is 0 Å². The molecule has 1 nitrogen and oxygen atoms in total. The third-order valence-electron chi connectivity index (χ3n) is 5.32. The van der Waals surface area contributed by atoms with E-state index in [1.54, 1.807) is 0 Å². The molecule has 0 heterocycles. The van der Waals surface area contributed by atoms with E-state index in [2.05, 4.69) is 71.0 Å². The molecule has 110 valence electrons. The van der Waals surface area contributed by atoms with E-state index in [4.69, 9.17) is 0 Å². The lowest BCUT2D eigenvalue weighted by Gasteiger charge is -2.55. The highest BCUT2D eigenvalue weighted by molar-refractivity contribution is 9.10. The van der Waals surface area contributed by atoms with E-state index < -0.39 is 4.32 Å². The van der Waals surface area contributed by atoms with Gasteiger partial charge >= 0.3 is 0 Å². The molecule has 22 heavy (non-hydrogen) atoms. The van der Waals surface area contributed by atoms with Crippen molar-refractivity contribution in [2.75, 3.05) is 0 Å². The van der Waals surface area contributed by atoms with Gasteiger partial charge in [-0.3, -0.25) is 0 Å². The van der Waals surface area contributed by atoms with Crippen LogP contribution in [0.1, 0.15) is 41.0 Å². The number of halogens is 1. The fraction of sp³-hybridized carbons (Fsp3) is 0.250. The van der Waals surface area contributed by atoms with Gasteiger partial charge in [-0.15, -0.1) is 6.58 Å². The average Bonchev–Trinajstić information content (AvgIpc) is 2.55. The number of hydrogen-bond acceptors (Lipinski definition) is 1. The number of rotatable bonds is 3. The summed E-state index contributed by atoms with van der Waals surface area (Å²) in [5.41, 5.74) is 5.11. The van der Waals surface area contributed by atoms with Crippen molar-refractivity contribution < 1.29 is 4.79 Å². The van der Waals surface area contributed by atoms with Gasteiger partial charge in [0, 0.05) is 11.3 Å². The summed E-state index contributed by atoms with van der Waals surface area (Å²) in [6.45, 7) is 3.98. The van der Waals surface area contributed by atoms with Crippen LogP contribution in [0.2, 0.25) is 0 Å². The molecule has 2 heteroatoms. The Morgan fingerprint density at radius 1 is 1.09 bits per heavy atom. The van der Waals surface area contributed by atoms with Crippen LogP contribution in [0.25, 0.3) is 0 Å². The van der Waals surface area contributed by atoms with E-state index >= 15 is 0 Å². The molecule has 0 aliphatic heterocycles. The van der Waals surface area contributed by atoms with E-state index in [1.807, 2.05) is 6.08 Å². The second-order valence-corrected chi connectivity index (χ2v) is 7.88. The summed E-state index contributed by atoms with van der Waals surface area (Å²) in [5, 5.41) is 0. The van der Waals surface area contributed by atoms with Crippen LogP contribution in [0.15, 0.2) is 61.2 Å². The minimum absolute atomic E-state index is 0.0871. The lowest BCUT2D eigenvalue weighted by atomic mass is 9.51. The minimum Gasteiger partial charge on any atom is -0.302 e. The SMILES string of the molecule is C=CCC12CC(Br)(C=O)C(c3ccccc31)c1ccccc12. The Morgan fingerprint density at radius 2 is 1.64 bits per heavy atom. The molecule has 0 radical (unpaired) electrons. The van der Waals surface area contributed by atoms with Gasteiger partial charge in [0.1, 0.15) is 6.29 Å². The number of allylic oxidation sites excluding steroid dienone is 1. The van der Waals surface area contributed by atoms with Crippen LogP contribution in [-0.4, -0.2) is 10.6 Å². The number of carbonyl (C=O) groups excluding carboxylic acids is 1. The Labute approximate surface area is 139 Å². The predicted octanol–water partition coefficient (Wildman–Crippen LogP) is 4.73. The summed E-state index contributed by atoms with van der Waals surface area (Å²) in [6.07, 6.45) is 4.71. The predicted molar refractivity (Wildman–Crippen MR) is 92.7 cm³/mol. The molecule has 2 aromatic carbocycles. The molecular formula is C20H17BrO. The van der Waals surface area contributed by atoms with Crippen LogP contribution in [0, 0.1) is 0 Å². The first kappa shape index (κ1) is 14.0. The maximum absolute atomic E-state index is 12.0. The second kappa shape index (κ2) is 4.66. The van der Waals surface area contributed by atoms with Crippen LogP contribution in [0.4, 0.5) is 0 Å². The molecule has 0 spiro atoms. The lowest BCUT2D eigenvalue weighted by Crippen LogP contribution is -2.52. The molecule has 0 aromatic heterocycles. The van der Waals surface area contributed by atoms with Gasteiger partial charge in [-0.2, -0.15) is 0 Å². The lowest BCUT2D eigenvalue weighted by molar-refractivity contribution is -0.110. The van der Waals surface area contributed by atoms with Crippen molar-refractivity contribution in [3.05, 3.63) is 83.4 Å². The molecule has 5 rings (SSSR count). The van der Waals surface area contributed by atoms with E-state index in [1.165, 1.54) is 22.3 Å². The van der Waals surface area contributed by atoms with Gasteiger partial charge in [-0.05, 0) is 35.1 Å². The zero-order valence-corrected chi connectivity index (χ0v) is 13.8. The molecule has 1 atom stereocenters. The number of carbonyl (C=O) groups is 1. The number of benzene rings is 2. The van der Waals surface area contributed by atoms with Gasteiger partial charge in [0.15, 0.2) is 0 Å². The van der Waals surface area contributed by atoms with Gasteiger partial charge in [0.25, 0.3) is 0 Å². The topological polar surface area (TPSA) is 17.1 Å². The smallest absolute Gasteiger partial charge is 0.137 e. The minimum atomic E-state index is -0.529. The Hall–Kier alpha value is -1.67. The van der Waals surface area contributed by atoms with Gasteiger partial charge in [-0.25, -0.2) is 0 Å². The molecule has 1 unspecified atom stereocenters. The zero-order chi connectivity index (χ0) is 15.4. The largest absolute Gasteiger partial charge is 0.302 e. The van der Waals surface area contributed by atoms with Crippen molar-refractivity contribution >= 4 is 22.2 Å². The normalized spacial score (nSPS) is 31.2. The summed E-state index contributed by atoms with van der Waals surface area (Å²) in [4.78, 5) is 12.0. The Balaban J connectivity index is 2.13. The second-order valence-electron chi connectivity index (χ2n) is 6.40. The van der Waals surface area contributed by atoms with Crippen LogP contribution in [-0.2, 0) is 10.2 Å². The first-order valence-electron chi connectivity index (χ1n) is 7.61. The van der Waals surface area contributed by atoms with Crippen molar-refractivity contribution in [2.45, 2.75) is 28.5 Å². The highest BCUT2D eigenvalue weighted by Crippen LogP contribution is 2.63. The highest BCUT2D eigenvalue weighted by atomic mass is 79.9. The van der Waals surface area contributed by atoms with E-state index in [-0.39, 0.29) is 11.3 Å². The third-order valence-corrected chi connectivity index (χ3v) is 6.24. The molecule has 0 fully saturated rings. The fourth-order valence-electron chi connectivity index (χ4n) is 4.60. The van der Waals surface area contributed by atoms with Crippen molar-refractivity contribution in [3.8, 4) is 0 Å². The Bertz CT molecular complexity index is 731. The maximum atomic E-state index is 12.0. The summed E-state index contributed by atoms with van der Waals surface area (Å²) >= 11 is 3.79. The maximum Gasteiger partial charge on any atom is 0.137 e. The van der Waals surface area contributed by atoms with Crippen molar-refractivity contribution in [1.29, 1.82) is 0 Å². The Morgan fingerprint density at radius 3 is 2.14 bits per heavy atom. The van der Waals surface area contributed by atoms with E-state index in [0.29, 0.717) is 0 Å². The number of alkyl halides is 1. The molecule has 0 amide bonds.